The molecular weight excluding hydrogens is 206 g/mol. The minimum atomic E-state index is -0.269. The third kappa shape index (κ3) is 2.03. The Bertz CT molecular complexity index is 409. The second-order valence-electron chi connectivity index (χ2n) is 3.23. The molecule has 16 heavy (non-hydrogen) atoms. The Morgan fingerprint density at radius 1 is 1.06 bits per heavy atom. The monoisotopic (exact) mass is 221 g/mol. The zero-order valence-corrected chi connectivity index (χ0v) is 9.90. The molecule has 86 valence electrons. The van der Waals surface area contributed by atoms with Crippen LogP contribution in [0.15, 0.2) is 12.1 Å². The molecule has 1 rings (SSSR count). The van der Waals surface area contributed by atoms with Crippen LogP contribution in [0.4, 0.5) is 0 Å². The zero-order valence-electron chi connectivity index (χ0n) is 9.90. The second-order valence-corrected chi connectivity index (χ2v) is 3.23. The molecule has 1 aromatic rings. The van der Waals surface area contributed by atoms with E-state index in [-0.39, 0.29) is 6.04 Å². The highest BCUT2D eigenvalue weighted by Gasteiger charge is 2.21. The molecule has 1 atom stereocenters. The van der Waals surface area contributed by atoms with Crippen molar-refractivity contribution < 1.29 is 14.2 Å². The fraction of sp³-hybridized carbons (Fsp3) is 0.417. The number of hydrogen-bond donors (Lipinski definition) is 0. The van der Waals surface area contributed by atoms with Gasteiger partial charge in [0.05, 0.1) is 26.9 Å². The first kappa shape index (κ1) is 12.2. The van der Waals surface area contributed by atoms with Crippen molar-refractivity contribution in [3.05, 3.63) is 29.1 Å². The van der Waals surface area contributed by atoms with Gasteiger partial charge in [-0.25, -0.2) is 6.57 Å². The summed E-state index contributed by atoms with van der Waals surface area (Å²) in [7, 11) is 4.67. The molecule has 0 radical (unpaired) electrons. The molecule has 0 heterocycles. The van der Waals surface area contributed by atoms with E-state index in [0.717, 1.165) is 5.56 Å². The largest absolute Gasteiger partial charge is 0.493 e. The van der Waals surface area contributed by atoms with Crippen LogP contribution in [0, 0.1) is 6.57 Å². The van der Waals surface area contributed by atoms with Gasteiger partial charge in [-0.15, -0.1) is 0 Å². The summed E-state index contributed by atoms with van der Waals surface area (Å²) < 4.78 is 15.7. The molecule has 0 aliphatic heterocycles. The Kier molecular flexibility index (Phi) is 4.01. The van der Waals surface area contributed by atoms with Gasteiger partial charge in [-0.1, -0.05) is 0 Å². The van der Waals surface area contributed by atoms with Crippen molar-refractivity contribution in [2.75, 3.05) is 21.3 Å². The van der Waals surface area contributed by atoms with Crippen LogP contribution in [0.25, 0.3) is 4.85 Å². The second kappa shape index (κ2) is 5.26. The van der Waals surface area contributed by atoms with Crippen molar-refractivity contribution in [2.24, 2.45) is 0 Å². The summed E-state index contributed by atoms with van der Waals surface area (Å²) in [5.41, 5.74) is 0.801. The maximum atomic E-state index is 7.04. The Morgan fingerprint density at radius 3 is 2.12 bits per heavy atom. The molecule has 0 saturated carbocycles. The molecule has 0 fully saturated rings. The SMILES string of the molecule is [C-]#[N+]C(C)c1ccc(OC)c(OC)c1OC. The highest BCUT2D eigenvalue weighted by molar-refractivity contribution is 5.57. The predicted molar refractivity (Wildman–Crippen MR) is 61.1 cm³/mol. The van der Waals surface area contributed by atoms with Gasteiger partial charge in [-0.05, 0) is 12.1 Å². The lowest BCUT2D eigenvalue weighted by Crippen LogP contribution is -1.99. The zero-order chi connectivity index (χ0) is 12.1. The predicted octanol–water partition coefficient (Wildman–Crippen LogP) is 2.69. The summed E-state index contributed by atoms with van der Waals surface area (Å²) in [5, 5.41) is 0. The van der Waals surface area contributed by atoms with E-state index in [1.807, 2.05) is 13.0 Å². The van der Waals surface area contributed by atoms with E-state index in [9.17, 15) is 0 Å². The fourth-order valence-corrected chi connectivity index (χ4v) is 1.52. The highest BCUT2D eigenvalue weighted by Crippen LogP contribution is 2.42. The molecular formula is C12H15NO3. The van der Waals surface area contributed by atoms with E-state index < -0.39 is 0 Å². The summed E-state index contributed by atoms with van der Waals surface area (Å²) in [6.07, 6.45) is 0. The lowest BCUT2D eigenvalue weighted by molar-refractivity contribution is 0.322. The Morgan fingerprint density at radius 2 is 1.69 bits per heavy atom. The number of rotatable bonds is 4. The van der Waals surface area contributed by atoms with Gasteiger partial charge in [-0.2, -0.15) is 0 Å². The lowest BCUT2D eigenvalue weighted by atomic mass is 10.1. The molecule has 0 N–H and O–H groups in total. The average Bonchev–Trinajstić information content (AvgIpc) is 2.35. The van der Waals surface area contributed by atoms with Gasteiger partial charge in [0.1, 0.15) is 0 Å². The number of benzene rings is 1. The van der Waals surface area contributed by atoms with Crippen LogP contribution >= 0.6 is 0 Å². The smallest absolute Gasteiger partial charge is 0.249 e. The first-order chi connectivity index (χ1) is 7.69. The van der Waals surface area contributed by atoms with Crippen molar-refractivity contribution in [3.8, 4) is 17.2 Å². The molecule has 0 amide bonds. The normalized spacial score (nSPS) is 11.4. The minimum Gasteiger partial charge on any atom is -0.493 e. The minimum absolute atomic E-state index is 0.269. The van der Waals surface area contributed by atoms with E-state index in [4.69, 9.17) is 20.8 Å². The summed E-state index contributed by atoms with van der Waals surface area (Å²) >= 11 is 0. The van der Waals surface area contributed by atoms with Crippen molar-refractivity contribution in [1.82, 2.24) is 0 Å². The van der Waals surface area contributed by atoms with Crippen LogP contribution in [0.2, 0.25) is 0 Å². The maximum Gasteiger partial charge on any atom is 0.249 e. The van der Waals surface area contributed by atoms with E-state index in [1.54, 1.807) is 27.4 Å². The van der Waals surface area contributed by atoms with Crippen LogP contribution in [0.1, 0.15) is 18.5 Å². The fourth-order valence-electron chi connectivity index (χ4n) is 1.52. The number of hydrogen-bond acceptors (Lipinski definition) is 3. The Balaban J connectivity index is 3.38. The molecule has 4 nitrogen and oxygen atoms in total. The van der Waals surface area contributed by atoms with E-state index in [2.05, 4.69) is 4.85 Å². The topological polar surface area (TPSA) is 32.0 Å². The first-order valence-electron chi connectivity index (χ1n) is 4.85. The van der Waals surface area contributed by atoms with Gasteiger partial charge in [0.25, 0.3) is 0 Å². The molecule has 0 aromatic heterocycles. The Labute approximate surface area is 95.6 Å². The molecule has 0 aliphatic rings. The van der Waals surface area contributed by atoms with Crippen LogP contribution in [0.5, 0.6) is 17.2 Å². The van der Waals surface area contributed by atoms with Crippen LogP contribution < -0.4 is 14.2 Å². The van der Waals surface area contributed by atoms with Gasteiger partial charge >= 0.3 is 0 Å². The molecule has 0 aliphatic carbocycles. The number of methoxy groups -OCH3 is 3. The van der Waals surface area contributed by atoms with E-state index in [0.29, 0.717) is 17.2 Å². The van der Waals surface area contributed by atoms with E-state index >= 15 is 0 Å². The average molecular weight is 221 g/mol. The van der Waals surface area contributed by atoms with Gasteiger partial charge in [-0.3, -0.25) is 0 Å². The van der Waals surface area contributed by atoms with Crippen LogP contribution in [0.3, 0.4) is 0 Å². The van der Waals surface area contributed by atoms with Crippen LogP contribution in [-0.4, -0.2) is 21.3 Å². The standard InChI is InChI=1S/C12H15NO3/c1-8(13-2)9-6-7-10(14-3)12(16-5)11(9)15-4/h6-8H,1,3-5H3. The quantitative estimate of drug-likeness (QED) is 0.733. The number of ether oxygens (including phenoxy) is 3. The first-order valence-corrected chi connectivity index (χ1v) is 4.85. The van der Waals surface area contributed by atoms with Crippen molar-refractivity contribution in [3.63, 3.8) is 0 Å². The summed E-state index contributed by atoms with van der Waals surface area (Å²) in [5.74, 6) is 1.68. The van der Waals surface area contributed by atoms with Gasteiger partial charge < -0.3 is 19.1 Å². The number of nitrogens with zero attached hydrogens (tertiary/aromatic N) is 1. The van der Waals surface area contributed by atoms with Crippen molar-refractivity contribution >= 4 is 0 Å². The maximum absolute atomic E-state index is 7.04. The Hall–Kier alpha value is -1.89. The molecule has 4 heteroatoms. The molecule has 1 aromatic carbocycles. The van der Waals surface area contributed by atoms with E-state index in [1.165, 1.54) is 0 Å². The summed E-state index contributed by atoms with van der Waals surface area (Å²) in [6, 6.07) is 3.33. The van der Waals surface area contributed by atoms with Crippen molar-refractivity contribution in [1.29, 1.82) is 0 Å². The molecule has 1 unspecified atom stereocenters. The molecule has 0 bridgehead atoms. The summed E-state index contributed by atoms with van der Waals surface area (Å²) in [6.45, 7) is 8.86. The molecule has 0 spiro atoms. The van der Waals surface area contributed by atoms with Gasteiger partial charge in [0.2, 0.25) is 11.8 Å². The highest BCUT2D eigenvalue weighted by atomic mass is 16.5. The summed E-state index contributed by atoms with van der Waals surface area (Å²) in [4.78, 5) is 3.47. The molecule has 0 saturated heterocycles. The van der Waals surface area contributed by atoms with Gasteiger partial charge in [0.15, 0.2) is 11.5 Å². The third-order valence-corrected chi connectivity index (χ3v) is 2.38. The lowest BCUT2D eigenvalue weighted by Gasteiger charge is -2.15. The van der Waals surface area contributed by atoms with Crippen molar-refractivity contribution in [2.45, 2.75) is 13.0 Å². The van der Waals surface area contributed by atoms with Gasteiger partial charge in [0, 0.05) is 6.92 Å². The third-order valence-electron chi connectivity index (χ3n) is 2.38. The van der Waals surface area contributed by atoms with Crippen LogP contribution in [-0.2, 0) is 0 Å².